The number of benzene rings is 1. The van der Waals surface area contributed by atoms with E-state index in [0.29, 0.717) is 11.3 Å². The maximum absolute atomic E-state index is 14.0. The van der Waals surface area contributed by atoms with Crippen molar-refractivity contribution >= 4 is 17.5 Å². The summed E-state index contributed by atoms with van der Waals surface area (Å²) in [5.74, 6) is -1.77. The third kappa shape index (κ3) is 5.95. The Hall–Kier alpha value is -2.09. The molecule has 0 spiro atoms. The van der Waals surface area contributed by atoms with E-state index in [2.05, 4.69) is 10.3 Å². The van der Waals surface area contributed by atoms with Crippen molar-refractivity contribution in [3.8, 4) is 0 Å². The molecule has 1 heterocycles. The highest BCUT2D eigenvalue weighted by molar-refractivity contribution is 6.30. The van der Waals surface area contributed by atoms with Gasteiger partial charge in [0.05, 0.1) is 22.4 Å². The first-order valence-corrected chi connectivity index (χ1v) is 9.19. The van der Waals surface area contributed by atoms with Crippen LogP contribution >= 0.6 is 11.6 Å². The summed E-state index contributed by atoms with van der Waals surface area (Å²) in [5, 5.41) is 13.0. The molecule has 0 radical (unpaired) electrons. The molecule has 5 nitrogen and oxygen atoms in total. The minimum atomic E-state index is -1.12. The Kier molecular flexibility index (Phi) is 7.09. The fourth-order valence-corrected chi connectivity index (χ4v) is 2.83. The maximum atomic E-state index is 14.0. The van der Waals surface area contributed by atoms with E-state index < -0.39 is 29.3 Å². The van der Waals surface area contributed by atoms with E-state index in [4.69, 9.17) is 17.3 Å². The molecule has 2 aromatic rings. The Morgan fingerprint density at radius 2 is 1.96 bits per heavy atom. The second-order valence-electron chi connectivity index (χ2n) is 7.70. The van der Waals surface area contributed by atoms with Gasteiger partial charge in [0, 0.05) is 24.2 Å². The van der Waals surface area contributed by atoms with E-state index in [1.165, 1.54) is 6.20 Å². The molecule has 0 saturated heterocycles. The number of rotatable bonds is 6. The average molecular weight is 412 g/mol. The highest BCUT2D eigenvalue weighted by atomic mass is 35.5. The second kappa shape index (κ2) is 8.94. The van der Waals surface area contributed by atoms with Gasteiger partial charge < -0.3 is 16.2 Å². The summed E-state index contributed by atoms with van der Waals surface area (Å²) in [6.45, 7) is 5.56. The van der Waals surface area contributed by atoms with Gasteiger partial charge in [-0.2, -0.15) is 0 Å². The largest absolute Gasteiger partial charge is 0.391 e. The molecular weight excluding hydrogens is 388 g/mol. The van der Waals surface area contributed by atoms with Gasteiger partial charge in [-0.3, -0.25) is 9.78 Å². The number of nitrogens with two attached hydrogens (primary N) is 1. The van der Waals surface area contributed by atoms with Gasteiger partial charge in [0.2, 0.25) is 0 Å². The Balaban J connectivity index is 2.13. The standard InChI is InChI=1S/C20H24ClF2N3O2/c1-20(2,3)26-19(28)12-5-4-6-25-17(12)10-18(27)16(24)8-11-7-15(23)13(21)9-14(11)22/h4-7,9,16,18,27H,8,10,24H2,1-3H3,(H,26,28)/t16-,18+/m1/s1. The molecule has 0 aliphatic carbocycles. The molecule has 28 heavy (non-hydrogen) atoms. The quantitative estimate of drug-likeness (QED) is 0.637. The van der Waals surface area contributed by atoms with Crippen LogP contribution in [0.3, 0.4) is 0 Å². The van der Waals surface area contributed by atoms with Gasteiger partial charge in [0.1, 0.15) is 11.6 Å². The van der Waals surface area contributed by atoms with Crippen LogP contribution in [0.25, 0.3) is 0 Å². The predicted molar refractivity (Wildman–Crippen MR) is 104 cm³/mol. The summed E-state index contributed by atoms with van der Waals surface area (Å²) in [4.78, 5) is 16.6. The van der Waals surface area contributed by atoms with Gasteiger partial charge in [0.25, 0.3) is 5.91 Å². The van der Waals surface area contributed by atoms with Crippen LogP contribution in [-0.2, 0) is 12.8 Å². The summed E-state index contributed by atoms with van der Waals surface area (Å²) < 4.78 is 27.5. The van der Waals surface area contributed by atoms with Gasteiger partial charge in [-0.05, 0) is 57.0 Å². The molecule has 4 N–H and O–H groups in total. The third-order valence-corrected chi connectivity index (χ3v) is 4.35. The van der Waals surface area contributed by atoms with Crippen molar-refractivity contribution < 1.29 is 18.7 Å². The normalized spacial score (nSPS) is 13.9. The van der Waals surface area contributed by atoms with Crippen LogP contribution in [0.4, 0.5) is 8.78 Å². The molecule has 0 unspecified atom stereocenters. The number of amides is 1. The topological polar surface area (TPSA) is 88.2 Å². The van der Waals surface area contributed by atoms with E-state index in [1.54, 1.807) is 12.1 Å². The number of hydrogen-bond acceptors (Lipinski definition) is 4. The van der Waals surface area contributed by atoms with Gasteiger partial charge in [-0.1, -0.05) is 11.6 Å². The Bertz CT molecular complexity index is 856. The van der Waals surface area contributed by atoms with Crippen molar-refractivity contribution in [2.24, 2.45) is 5.73 Å². The summed E-state index contributed by atoms with van der Waals surface area (Å²) in [6, 6.07) is 4.18. The second-order valence-corrected chi connectivity index (χ2v) is 8.11. The number of carbonyl (C=O) groups is 1. The number of carbonyl (C=O) groups excluding carboxylic acids is 1. The molecule has 152 valence electrons. The zero-order valence-corrected chi connectivity index (χ0v) is 16.7. The van der Waals surface area contributed by atoms with Crippen molar-refractivity contribution in [2.75, 3.05) is 0 Å². The molecule has 0 aliphatic heterocycles. The predicted octanol–water partition coefficient (Wildman–Crippen LogP) is 3.01. The molecule has 2 atom stereocenters. The number of aromatic nitrogens is 1. The highest BCUT2D eigenvalue weighted by Crippen LogP contribution is 2.21. The first-order valence-electron chi connectivity index (χ1n) is 8.81. The number of nitrogens with one attached hydrogen (secondary N) is 1. The smallest absolute Gasteiger partial charge is 0.253 e. The van der Waals surface area contributed by atoms with E-state index in [-0.39, 0.29) is 29.3 Å². The maximum Gasteiger partial charge on any atom is 0.253 e. The van der Waals surface area contributed by atoms with Crippen molar-refractivity contribution in [3.63, 3.8) is 0 Å². The van der Waals surface area contributed by atoms with Crippen LogP contribution in [0.1, 0.15) is 42.4 Å². The summed E-state index contributed by atoms with van der Waals surface area (Å²) >= 11 is 5.54. The molecule has 1 aromatic carbocycles. The zero-order valence-electron chi connectivity index (χ0n) is 16.0. The van der Waals surface area contributed by atoms with Crippen LogP contribution in [0.15, 0.2) is 30.5 Å². The number of aliphatic hydroxyl groups excluding tert-OH is 1. The third-order valence-electron chi connectivity index (χ3n) is 4.07. The minimum absolute atomic E-state index is 0.00735. The monoisotopic (exact) mass is 411 g/mol. The zero-order chi connectivity index (χ0) is 21.1. The van der Waals surface area contributed by atoms with E-state index >= 15 is 0 Å². The van der Waals surface area contributed by atoms with E-state index in [1.807, 2.05) is 20.8 Å². The molecule has 1 aromatic heterocycles. The van der Waals surface area contributed by atoms with E-state index in [0.717, 1.165) is 12.1 Å². The molecule has 0 fully saturated rings. The fourth-order valence-electron chi connectivity index (χ4n) is 2.67. The molecule has 2 rings (SSSR count). The Morgan fingerprint density at radius 3 is 2.61 bits per heavy atom. The van der Waals surface area contributed by atoms with Gasteiger partial charge in [-0.25, -0.2) is 8.78 Å². The first-order chi connectivity index (χ1) is 13.0. The van der Waals surface area contributed by atoms with Crippen molar-refractivity contribution in [1.29, 1.82) is 0 Å². The molecule has 0 aliphatic rings. The lowest BCUT2D eigenvalue weighted by molar-refractivity contribution is 0.0916. The lowest BCUT2D eigenvalue weighted by Gasteiger charge is -2.23. The molecule has 0 saturated carbocycles. The average Bonchev–Trinajstić information content (AvgIpc) is 2.58. The summed E-state index contributed by atoms with van der Waals surface area (Å²) in [7, 11) is 0. The van der Waals surface area contributed by atoms with E-state index in [9.17, 15) is 18.7 Å². The molecule has 1 amide bonds. The lowest BCUT2D eigenvalue weighted by Crippen LogP contribution is -2.42. The number of hydrogen-bond donors (Lipinski definition) is 3. The lowest BCUT2D eigenvalue weighted by atomic mass is 9.96. The van der Waals surface area contributed by atoms with Crippen LogP contribution in [-0.4, -0.2) is 33.7 Å². The van der Waals surface area contributed by atoms with Crippen molar-refractivity contribution in [2.45, 2.75) is 51.3 Å². The molecule has 8 heteroatoms. The Labute approximate surface area is 167 Å². The number of halogens is 3. The van der Waals surface area contributed by atoms with Crippen LogP contribution in [0, 0.1) is 11.6 Å². The summed E-state index contributed by atoms with van der Waals surface area (Å²) in [5.41, 5.74) is 6.26. The number of nitrogens with zero attached hydrogens (tertiary/aromatic N) is 1. The van der Waals surface area contributed by atoms with Crippen LogP contribution in [0.5, 0.6) is 0 Å². The SMILES string of the molecule is CC(C)(C)NC(=O)c1cccnc1C[C@H](O)[C@H](N)Cc1cc(F)c(Cl)cc1F. The fraction of sp³-hybridized carbons (Fsp3) is 0.400. The van der Waals surface area contributed by atoms with Crippen molar-refractivity contribution in [3.05, 3.63) is 63.9 Å². The molecular formula is C20H24ClF2N3O2. The Morgan fingerprint density at radius 1 is 1.29 bits per heavy atom. The van der Waals surface area contributed by atoms with Crippen LogP contribution in [0.2, 0.25) is 5.02 Å². The summed E-state index contributed by atoms with van der Waals surface area (Å²) in [6.07, 6.45) is 0.286. The molecule has 0 bridgehead atoms. The first kappa shape index (κ1) is 22.2. The van der Waals surface area contributed by atoms with Gasteiger partial charge in [0.15, 0.2) is 0 Å². The van der Waals surface area contributed by atoms with Gasteiger partial charge in [-0.15, -0.1) is 0 Å². The number of pyridine rings is 1. The minimum Gasteiger partial charge on any atom is -0.391 e. The highest BCUT2D eigenvalue weighted by Gasteiger charge is 2.23. The van der Waals surface area contributed by atoms with Crippen LogP contribution < -0.4 is 11.1 Å². The number of aliphatic hydroxyl groups is 1. The van der Waals surface area contributed by atoms with Gasteiger partial charge >= 0.3 is 0 Å². The van der Waals surface area contributed by atoms with Crippen molar-refractivity contribution in [1.82, 2.24) is 10.3 Å².